The van der Waals surface area contributed by atoms with Crippen LogP contribution in [0.2, 0.25) is 0 Å². The van der Waals surface area contributed by atoms with Gasteiger partial charge in [-0.1, -0.05) is 60.7 Å². The molecule has 0 aliphatic heterocycles. The zero-order chi connectivity index (χ0) is 56.5. The number of aliphatic hydroxyl groups is 1. The number of amides is 5. The Bertz CT molecular complexity index is 2260. The normalized spacial score (nSPS) is 13.2. The van der Waals surface area contributed by atoms with E-state index in [2.05, 4.69) is 58.9 Å². The molecule has 3 rings (SSSR count). The van der Waals surface area contributed by atoms with Crippen LogP contribution < -0.4 is 53.8 Å². The number of carbonyl (C=O) groups is 5. The topological polar surface area (TPSA) is 311 Å². The van der Waals surface area contributed by atoms with Crippen molar-refractivity contribution in [2.24, 2.45) is 27.2 Å². The number of alkyl carbamates (subject to hydrolysis) is 2. The van der Waals surface area contributed by atoms with Crippen LogP contribution in [0.4, 0.5) is 9.59 Å². The second-order valence-electron chi connectivity index (χ2n) is 20.6. The Hall–Kier alpha value is -6.97. The average molecular weight is 1070 g/mol. The zero-order valence-electron chi connectivity index (χ0n) is 46.2. The highest BCUT2D eigenvalue weighted by molar-refractivity contribution is 6.05. The molecule has 3 aromatic carbocycles. The SMILES string of the molecule is CC(C)(C)OC(=O)N[C@@H](CCCCN=C(N)NC(=O)c1ccccc1)C(=O)NCCCN(CCCNC(=O)[C@H](CCCCN=C(N)NC(O)c1ccccc1)NC(=O)OC(C)(C)C)CCOc1ccc(CCCCN)cc1. The Labute approximate surface area is 455 Å². The van der Waals surface area contributed by atoms with Crippen molar-refractivity contribution in [3.05, 3.63) is 102 Å². The Morgan fingerprint density at radius 3 is 1.62 bits per heavy atom. The fourth-order valence-electron chi connectivity index (χ4n) is 7.61. The van der Waals surface area contributed by atoms with Gasteiger partial charge in [0.05, 0.1) is 0 Å². The van der Waals surface area contributed by atoms with E-state index in [0.717, 1.165) is 25.0 Å². The Balaban J connectivity index is 1.59. The van der Waals surface area contributed by atoms with Gasteiger partial charge in [-0.05, 0) is 162 Å². The Kier molecular flexibility index (Phi) is 29.6. The highest BCUT2D eigenvalue weighted by Crippen LogP contribution is 2.15. The predicted octanol–water partition coefficient (Wildman–Crippen LogP) is 5.13. The Morgan fingerprint density at radius 1 is 0.610 bits per heavy atom. The third-order valence-electron chi connectivity index (χ3n) is 11.5. The lowest BCUT2D eigenvalue weighted by atomic mass is 10.1. The van der Waals surface area contributed by atoms with Crippen LogP contribution in [0.5, 0.6) is 5.75 Å². The van der Waals surface area contributed by atoms with E-state index in [9.17, 15) is 29.1 Å². The van der Waals surface area contributed by atoms with Gasteiger partial charge in [0, 0.05) is 43.9 Å². The Morgan fingerprint density at radius 2 is 1.12 bits per heavy atom. The number of ether oxygens (including phenoxy) is 3. The van der Waals surface area contributed by atoms with E-state index in [-0.39, 0.29) is 29.6 Å². The summed E-state index contributed by atoms with van der Waals surface area (Å²) in [5.41, 5.74) is 18.4. The van der Waals surface area contributed by atoms with Crippen molar-refractivity contribution in [1.29, 1.82) is 0 Å². The molecule has 0 radical (unpaired) electrons. The number of nitrogens with two attached hydrogens (primary N) is 3. The van der Waals surface area contributed by atoms with Gasteiger partial charge in [-0.2, -0.15) is 0 Å². The zero-order valence-corrected chi connectivity index (χ0v) is 46.2. The van der Waals surface area contributed by atoms with Gasteiger partial charge in [0.25, 0.3) is 5.91 Å². The molecule has 0 heterocycles. The van der Waals surface area contributed by atoms with Gasteiger partial charge in [-0.15, -0.1) is 0 Å². The number of benzene rings is 3. The number of aliphatic imine (C=N–C) groups is 2. The first-order valence-electron chi connectivity index (χ1n) is 26.9. The van der Waals surface area contributed by atoms with Crippen molar-refractivity contribution in [3.8, 4) is 5.75 Å². The quantitative estimate of drug-likeness (QED) is 0.0164. The molecule has 0 aliphatic carbocycles. The summed E-state index contributed by atoms with van der Waals surface area (Å²) in [5.74, 6) is -0.268. The summed E-state index contributed by atoms with van der Waals surface area (Å²) in [7, 11) is 0. The maximum Gasteiger partial charge on any atom is 0.408 e. The van der Waals surface area contributed by atoms with Gasteiger partial charge in [0.2, 0.25) is 11.8 Å². The van der Waals surface area contributed by atoms with Gasteiger partial charge < -0.3 is 63.1 Å². The molecule has 3 aromatic rings. The first-order valence-corrected chi connectivity index (χ1v) is 26.9. The molecule has 0 aromatic heterocycles. The average Bonchev–Trinajstić information content (AvgIpc) is 3.37. The summed E-state index contributed by atoms with van der Waals surface area (Å²) in [4.78, 5) is 76.1. The van der Waals surface area contributed by atoms with Crippen molar-refractivity contribution in [3.63, 3.8) is 0 Å². The predicted molar refractivity (Wildman–Crippen MR) is 301 cm³/mol. The van der Waals surface area contributed by atoms with Crippen LogP contribution in [0, 0.1) is 0 Å². The number of nitrogens with zero attached hydrogens (tertiary/aromatic N) is 3. The van der Waals surface area contributed by atoms with E-state index >= 15 is 0 Å². The standard InChI is InChI=1S/C56H88N12O9/c1-55(2,3)76-53(73)64-45(26-14-17-33-62-51(58)66-47(69)42-22-9-7-10-23-42)49(71)60-35-19-37-68(39-40-75-44-30-28-41(29-31-44)21-13-16-32-57)38-20-36-61-50(72)46(65-54(74)77-56(4,5)6)27-15-18-34-63-52(59)67-48(70)43-24-11-8-12-25-43/h7-12,22-25,28-31,45-47,69H,13-21,26-27,32-40,57H2,1-6H3,(H,60,71)(H,61,72)(H,64,73)(H,65,74)(H3,58,62,66)(H3,59,63,67,70)/t45-,46-,47?/m0/s1. The number of rotatable bonds is 33. The van der Waals surface area contributed by atoms with Crippen molar-refractivity contribution in [2.75, 3.05) is 59.0 Å². The minimum atomic E-state index is -1.01. The van der Waals surface area contributed by atoms with Crippen LogP contribution in [0.1, 0.15) is 133 Å². The number of aliphatic hydroxyl groups excluding tert-OH is 1. The summed E-state index contributed by atoms with van der Waals surface area (Å²) >= 11 is 0. The molecule has 77 heavy (non-hydrogen) atoms. The number of guanidine groups is 2. The van der Waals surface area contributed by atoms with Crippen LogP contribution in [0.3, 0.4) is 0 Å². The van der Waals surface area contributed by atoms with Crippen LogP contribution in [0.25, 0.3) is 0 Å². The largest absolute Gasteiger partial charge is 0.492 e. The molecule has 0 fully saturated rings. The maximum absolute atomic E-state index is 13.6. The van der Waals surface area contributed by atoms with E-state index in [1.165, 1.54) is 5.56 Å². The molecule has 5 amide bonds. The van der Waals surface area contributed by atoms with Gasteiger partial charge in [0.1, 0.15) is 35.6 Å². The summed E-state index contributed by atoms with van der Waals surface area (Å²) in [6.45, 7) is 14.5. The summed E-state index contributed by atoms with van der Waals surface area (Å²) in [6, 6.07) is 24.0. The van der Waals surface area contributed by atoms with Crippen LogP contribution in [-0.4, -0.2) is 134 Å². The molecule has 1 unspecified atom stereocenters. The number of unbranched alkanes of at least 4 members (excludes halogenated alkanes) is 3. The van der Waals surface area contributed by atoms with Crippen molar-refractivity contribution in [2.45, 2.75) is 142 Å². The van der Waals surface area contributed by atoms with Crippen molar-refractivity contribution >= 4 is 41.8 Å². The minimum absolute atomic E-state index is 0.0154. The molecule has 0 aliphatic rings. The fraction of sp³-hybridized carbons (Fsp3) is 0.554. The van der Waals surface area contributed by atoms with Crippen LogP contribution in [-0.2, 0) is 25.5 Å². The summed E-state index contributed by atoms with van der Waals surface area (Å²) in [5, 5.41) is 27.2. The van der Waals surface area contributed by atoms with Crippen LogP contribution in [0.15, 0.2) is 94.9 Å². The van der Waals surface area contributed by atoms with E-state index < -0.39 is 41.7 Å². The second kappa shape index (κ2) is 35.4. The van der Waals surface area contributed by atoms with E-state index in [4.69, 9.17) is 31.4 Å². The first-order chi connectivity index (χ1) is 36.7. The highest BCUT2D eigenvalue weighted by Gasteiger charge is 2.26. The lowest BCUT2D eigenvalue weighted by molar-refractivity contribution is -0.124. The maximum atomic E-state index is 13.6. The third-order valence-corrected chi connectivity index (χ3v) is 11.5. The molecule has 0 bridgehead atoms. The van der Waals surface area contributed by atoms with Crippen molar-refractivity contribution in [1.82, 2.24) is 36.8 Å². The molecule has 426 valence electrons. The molecule has 0 saturated carbocycles. The third kappa shape index (κ3) is 29.8. The number of nitrogens with one attached hydrogen (secondary N) is 6. The molecule has 0 spiro atoms. The van der Waals surface area contributed by atoms with E-state index in [0.29, 0.717) is 121 Å². The summed E-state index contributed by atoms with van der Waals surface area (Å²) < 4.78 is 17.1. The van der Waals surface area contributed by atoms with Gasteiger partial charge in [-0.3, -0.25) is 34.6 Å². The highest BCUT2D eigenvalue weighted by atomic mass is 16.6. The molecule has 13 N–H and O–H groups in total. The monoisotopic (exact) mass is 1070 g/mol. The van der Waals surface area contributed by atoms with Gasteiger partial charge in [-0.25, -0.2) is 9.59 Å². The summed E-state index contributed by atoms with van der Waals surface area (Å²) in [6.07, 6.45) is 4.41. The molecule has 21 heteroatoms. The smallest absolute Gasteiger partial charge is 0.408 e. The molecule has 21 nitrogen and oxygen atoms in total. The van der Waals surface area contributed by atoms with Crippen LogP contribution >= 0.6 is 0 Å². The number of hydrogen-bond acceptors (Lipinski definition) is 13. The second-order valence-corrected chi connectivity index (χ2v) is 20.6. The molecule has 3 atom stereocenters. The molecular weight excluding hydrogens is 985 g/mol. The van der Waals surface area contributed by atoms with Crippen molar-refractivity contribution < 1.29 is 43.3 Å². The molecule has 0 saturated heterocycles. The number of carbonyl (C=O) groups excluding carboxylic acids is 5. The van der Waals surface area contributed by atoms with Gasteiger partial charge >= 0.3 is 12.2 Å². The first kappa shape index (κ1) is 64.3. The number of hydrogen-bond donors (Lipinski definition) is 10. The molecular formula is C56H88N12O9. The minimum Gasteiger partial charge on any atom is -0.492 e. The number of aryl methyl sites for hydroxylation is 1. The fourth-order valence-corrected chi connectivity index (χ4v) is 7.61. The van der Waals surface area contributed by atoms with E-state index in [1.54, 1.807) is 77.9 Å². The van der Waals surface area contributed by atoms with Gasteiger partial charge in [0.15, 0.2) is 18.1 Å². The van der Waals surface area contributed by atoms with E-state index in [1.807, 2.05) is 36.4 Å². The lowest BCUT2D eigenvalue weighted by Gasteiger charge is -2.25. The lowest BCUT2D eigenvalue weighted by Crippen LogP contribution is -2.48.